The Morgan fingerprint density at radius 3 is 2.48 bits per heavy atom. The Bertz CT molecular complexity index is 883. The fraction of sp³-hybridized carbons (Fsp3) is 0.312. The molecular weight excluding hydrogens is 392 g/mol. The van der Waals surface area contributed by atoms with Crippen molar-refractivity contribution in [2.75, 3.05) is 12.8 Å². The van der Waals surface area contributed by atoms with E-state index in [1.807, 2.05) is 0 Å². The van der Waals surface area contributed by atoms with Crippen LogP contribution >= 0.6 is 22.9 Å². The number of carbonyl (C=O) groups excluding carboxylic acids is 1. The molecule has 1 aromatic carbocycles. The third-order valence-electron chi connectivity index (χ3n) is 3.73. The van der Waals surface area contributed by atoms with Gasteiger partial charge in [-0.2, -0.15) is 0 Å². The van der Waals surface area contributed by atoms with Crippen molar-refractivity contribution in [3.63, 3.8) is 0 Å². The van der Waals surface area contributed by atoms with Crippen molar-refractivity contribution >= 4 is 38.7 Å². The number of amides is 1. The van der Waals surface area contributed by atoms with Gasteiger partial charge in [0.25, 0.3) is 0 Å². The van der Waals surface area contributed by atoms with Gasteiger partial charge in [-0.25, -0.2) is 17.2 Å². The van der Waals surface area contributed by atoms with Crippen LogP contribution in [0, 0.1) is 11.6 Å². The fourth-order valence-electron chi connectivity index (χ4n) is 2.20. The molecule has 0 fully saturated rings. The molecule has 136 valence electrons. The second-order valence-electron chi connectivity index (χ2n) is 5.59. The van der Waals surface area contributed by atoms with E-state index in [2.05, 4.69) is 0 Å². The quantitative estimate of drug-likeness (QED) is 0.731. The first-order valence-electron chi connectivity index (χ1n) is 7.24. The molecule has 0 bridgehead atoms. The number of nitrogens with zero attached hydrogens (tertiary/aromatic N) is 1. The van der Waals surface area contributed by atoms with Crippen LogP contribution in [0.1, 0.15) is 23.4 Å². The van der Waals surface area contributed by atoms with Crippen molar-refractivity contribution in [2.45, 2.75) is 18.7 Å². The summed E-state index contributed by atoms with van der Waals surface area (Å²) in [5.74, 6) is -3.58. The highest BCUT2D eigenvalue weighted by molar-refractivity contribution is 7.91. The monoisotopic (exact) mass is 407 g/mol. The molecule has 0 spiro atoms. The molecule has 2 rings (SSSR count). The van der Waals surface area contributed by atoms with Gasteiger partial charge in [-0.3, -0.25) is 4.79 Å². The van der Waals surface area contributed by atoms with Crippen LogP contribution in [0.5, 0.6) is 0 Å². The molecule has 2 aromatic rings. The number of halogens is 3. The summed E-state index contributed by atoms with van der Waals surface area (Å²) in [5.41, 5.74) is 0.372. The second kappa shape index (κ2) is 7.80. The number of carbonyl (C=O) groups is 1. The van der Waals surface area contributed by atoms with Crippen LogP contribution in [0.2, 0.25) is 4.34 Å². The van der Waals surface area contributed by atoms with E-state index < -0.39 is 39.2 Å². The van der Waals surface area contributed by atoms with Gasteiger partial charge in [0, 0.05) is 11.9 Å². The van der Waals surface area contributed by atoms with Gasteiger partial charge in [0.1, 0.15) is 5.75 Å². The van der Waals surface area contributed by atoms with Crippen LogP contribution in [-0.4, -0.2) is 32.0 Å². The second-order valence-corrected chi connectivity index (χ2v) is 9.46. The van der Waals surface area contributed by atoms with E-state index in [9.17, 15) is 22.0 Å². The molecule has 0 aliphatic heterocycles. The standard InChI is InChI=1S/C16H16ClF2NO3S2/c1-10(11-3-5-13(18)14(19)7-11)20(2)16(21)9-25(22,23)8-12-4-6-15(17)24-12/h3-7,10H,8-9H2,1-2H3. The third-order valence-corrected chi connectivity index (χ3v) is 6.59. The molecule has 1 unspecified atom stereocenters. The molecule has 0 saturated heterocycles. The molecule has 9 heteroatoms. The van der Waals surface area contributed by atoms with Crippen LogP contribution in [0.3, 0.4) is 0 Å². The largest absolute Gasteiger partial charge is 0.338 e. The highest BCUT2D eigenvalue weighted by atomic mass is 35.5. The van der Waals surface area contributed by atoms with E-state index in [1.54, 1.807) is 19.1 Å². The molecule has 0 saturated carbocycles. The van der Waals surface area contributed by atoms with E-state index in [1.165, 1.54) is 18.0 Å². The maximum atomic E-state index is 13.3. The zero-order valence-corrected chi connectivity index (χ0v) is 15.9. The molecule has 0 aliphatic rings. The molecule has 0 aliphatic carbocycles. The highest BCUT2D eigenvalue weighted by Crippen LogP contribution is 2.24. The number of hydrogen-bond acceptors (Lipinski definition) is 4. The topological polar surface area (TPSA) is 54.5 Å². The summed E-state index contributed by atoms with van der Waals surface area (Å²) in [7, 11) is -2.25. The average molecular weight is 408 g/mol. The fourth-order valence-corrected chi connectivity index (χ4v) is 5.07. The summed E-state index contributed by atoms with van der Waals surface area (Å²) < 4.78 is 51.2. The van der Waals surface area contributed by atoms with Crippen LogP contribution in [0.4, 0.5) is 8.78 Å². The van der Waals surface area contributed by atoms with Gasteiger partial charge in [0.2, 0.25) is 5.91 Å². The maximum absolute atomic E-state index is 13.3. The van der Waals surface area contributed by atoms with E-state index in [4.69, 9.17) is 11.6 Å². The van der Waals surface area contributed by atoms with Gasteiger partial charge < -0.3 is 4.90 Å². The van der Waals surface area contributed by atoms with E-state index >= 15 is 0 Å². The lowest BCUT2D eigenvalue weighted by molar-refractivity contribution is -0.129. The lowest BCUT2D eigenvalue weighted by Crippen LogP contribution is -2.34. The van der Waals surface area contributed by atoms with Crippen molar-refractivity contribution < 1.29 is 22.0 Å². The molecule has 1 aromatic heterocycles. The van der Waals surface area contributed by atoms with Crippen molar-refractivity contribution in [2.24, 2.45) is 0 Å². The molecule has 25 heavy (non-hydrogen) atoms. The Balaban J connectivity index is 2.06. The lowest BCUT2D eigenvalue weighted by Gasteiger charge is -2.25. The van der Waals surface area contributed by atoms with E-state index in [0.717, 1.165) is 23.5 Å². The van der Waals surface area contributed by atoms with E-state index in [-0.39, 0.29) is 5.75 Å². The van der Waals surface area contributed by atoms with Crippen molar-refractivity contribution in [1.82, 2.24) is 4.90 Å². The van der Waals surface area contributed by atoms with Gasteiger partial charge in [0.15, 0.2) is 21.5 Å². The van der Waals surface area contributed by atoms with Gasteiger partial charge in [-0.1, -0.05) is 17.7 Å². The van der Waals surface area contributed by atoms with Crippen LogP contribution in [0.15, 0.2) is 30.3 Å². The van der Waals surface area contributed by atoms with Crippen LogP contribution in [0.25, 0.3) is 0 Å². The first-order chi connectivity index (χ1) is 11.6. The zero-order chi connectivity index (χ0) is 18.8. The van der Waals surface area contributed by atoms with E-state index in [0.29, 0.717) is 14.8 Å². The summed E-state index contributed by atoms with van der Waals surface area (Å²) in [6.45, 7) is 1.61. The van der Waals surface area contributed by atoms with Crippen molar-refractivity contribution in [1.29, 1.82) is 0 Å². The third kappa shape index (κ3) is 5.23. The van der Waals surface area contributed by atoms with Gasteiger partial charge in [-0.05, 0) is 36.8 Å². The molecule has 0 N–H and O–H groups in total. The zero-order valence-electron chi connectivity index (χ0n) is 13.5. The SMILES string of the molecule is CC(c1ccc(F)c(F)c1)N(C)C(=O)CS(=O)(=O)Cc1ccc(Cl)s1. The molecule has 1 amide bonds. The summed E-state index contributed by atoms with van der Waals surface area (Å²) in [6, 6.07) is 5.91. The number of thiophene rings is 1. The first-order valence-corrected chi connectivity index (χ1v) is 10.3. The normalized spacial score (nSPS) is 12.8. The number of hydrogen-bond donors (Lipinski definition) is 0. The van der Waals surface area contributed by atoms with Gasteiger partial charge in [-0.15, -0.1) is 11.3 Å². The first kappa shape index (κ1) is 19.8. The summed E-state index contributed by atoms with van der Waals surface area (Å²) >= 11 is 6.91. The molecular formula is C16H16ClF2NO3S2. The Kier molecular flexibility index (Phi) is 6.18. The van der Waals surface area contributed by atoms with Gasteiger partial charge in [0.05, 0.1) is 16.1 Å². The molecule has 4 nitrogen and oxygen atoms in total. The summed E-state index contributed by atoms with van der Waals surface area (Å²) in [6.07, 6.45) is 0. The van der Waals surface area contributed by atoms with Crippen molar-refractivity contribution in [3.8, 4) is 0 Å². The Labute approximate surface area is 153 Å². The van der Waals surface area contributed by atoms with Crippen LogP contribution < -0.4 is 0 Å². The number of sulfone groups is 1. The Hall–Kier alpha value is -1.51. The predicted molar refractivity (Wildman–Crippen MR) is 94.4 cm³/mol. The molecule has 1 atom stereocenters. The Morgan fingerprint density at radius 2 is 1.92 bits per heavy atom. The Morgan fingerprint density at radius 1 is 1.24 bits per heavy atom. The minimum Gasteiger partial charge on any atom is -0.338 e. The average Bonchev–Trinajstić information content (AvgIpc) is 2.92. The minimum atomic E-state index is -3.67. The lowest BCUT2D eigenvalue weighted by atomic mass is 10.1. The highest BCUT2D eigenvalue weighted by Gasteiger charge is 2.24. The summed E-state index contributed by atoms with van der Waals surface area (Å²) in [5, 5.41) is 0. The van der Waals surface area contributed by atoms with Gasteiger partial charge >= 0.3 is 0 Å². The summed E-state index contributed by atoms with van der Waals surface area (Å²) in [4.78, 5) is 14.0. The number of rotatable bonds is 6. The minimum absolute atomic E-state index is 0.274. The molecule has 0 radical (unpaired) electrons. The van der Waals surface area contributed by atoms with Crippen LogP contribution in [-0.2, 0) is 20.4 Å². The maximum Gasteiger partial charge on any atom is 0.238 e. The smallest absolute Gasteiger partial charge is 0.238 e. The predicted octanol–water partition coefficient (Wildman–Crippen LogP) is 3.81. The number of benzene rings is 1. The van der Waals surface area contributed by atoms with Crippen molar-refractivity contribution in [3.05, 3.63) is 56.7 Å². The molecule has 1 heterocycles.